The molecule has 0 bridgehead atoms. The van der Waals surface area contributed by atoms with E-state index in [0.29, 0.717) is 11.8 Å². The van der Waals surface area contributed by atoms with Crippen molar-refractivity contribution in [1.82, 2.24) is 40.2 Å². The van der Waals surface area contributed by atoms with Gasteiger partial charge in [-0.15, -0.1) is 10.2 Å². The first-order chi connectivity index (χ1) is 19.2. The van der Waals surface area contributed by atoms with Gasteiger partial charge < -0.3 is 15.1 Å². The van der Waals surface area contributed by atoms with Gasteiger partial charge in [0.05, 0.1) is 23.6 Å². The molecule has 2 aliphatic rings. The smallest absolute Gasteiger partial charge is 0.309 e. The molecule has 1 amide bonds. The molecule has 0 saturated heterocycles. The highest BCUT2D eigenvalue weighted by molar-refractivity contribution is 5.89. The number of benzene rings is 1. The summed E-state index contributed by atoms with van der Waals surface area (Å²) in [4.78, 5) is 24.8. The SMILES string of the molecule is Cn1cc(Nc2nccc(-c3ccc4c(c3)CN(CC3CC3)CC[C@H]4NC(=O)c3nnc(C(C)(C)C)o3)n2)cn1. The molecule has 1 aliphatic carbocycles. The molecule has 40 heavy (non-hydrogen) atoms. The monoisotopic (exact) mass is 541 g/mol. The predicted molar refractivity (Wildman–Crippen MR) is 150 cm³/mol. The van der Waals surface area contributed by atoms with E-state index < -0.39 is 0 Å². The van der Waals surface area contributed by atoms with Gasteiger partial charge in [0.15, 0.2) is 0 Å². The quantitative estimate of drug-likeness (QED) is 0.350. The van der Waals surface area contributed by atoms with Gasteiger partial charge in [0, 0.05) is 50.1 Å². The Kier molecular flexibility index (Phi) is 6.83. The lowest BCUT2D eigenvalue weighted by Crippen LogP contribution is -2.31. The zero-order valence-corrected chi connectivity index (χ0v) is 23.4. The molecule has 11 nitrogen and oxygen atoms in total. The molecular formula is C29H35N9O2. The van der Waals surface area contributed by atoms with Gasteiger partial charge in [0.1, 0.15) is 0 Å². The molecule has 3 aromatic heterocycles. The van der Waals surface area contributed by atoms with Crippen LogP contribution in [0.15, 0.2) is 47.3 Å². The molecule has 6 rings (SSSR count). The van der Waals surface area contributed by atoms with Crippen molar-refractivity contribution in [2.24, 2.45) is 13.0 Å². The number of hydrogen-bond donors (Lipinski definition) is 2. The van der Waals surface area contributed by atoms with Crippen LogP contribution < -0.4 is 10.6 Å². The maximum atomic E-state index is 13.2. The molecule has 11 heteroatoms. The van der Waals surface area contributed by atoms with Crippen LogP contribution in [0.25, 0.3) is 11.3 Å². The maximum absolute atomic E-state index is 13.2. The van der Waals surface area contributed by atoms with E-state index in [1.807, 2.05) is 40.1 Å². The zero-order chi connectivity index (χ0) is 27.9. The van der Waals surface area contributed by atoms with Crippen molar-refractivity contribution in [2.75, 3.05) is 18.4 Å². The molecule has 4 heterocycles. The lowest BCUT2D eigenvalue weighted by molar-refractivity contribution is 0.0894. The fourth-order valence-electron chi connectivity index (χ4n) is 5.03. The fraction of sp³-hybridized carbons (Fsp3) is 0.448. The van der Waals surface area contributed by atoms with Gasteiger partial charge in [0.25, 0.3) is 0 Å². The van der Waals surface area contributed by atoms with Crippen LogP contribution in [0.1, 0.15) is 73.8 Å². The third-order valence-electron chi connectivity index (χ3n) is 7.34. The summed E-state index contributed by atoms with van der Waals surface area (Å²) in [5.41, 5.74) is 4.61. The Balaban J connectivity index is 1.27. The highest BCUT2D eigenvalue weighted by Gasteiger charge is 2.30. The summed E-state index contributed by atoms with van der Waals surface area (Å²) in [6.07, 6.45) is 8.76. The summed E-state index contributed by atoms with van der Waals surface area (Å²) in [6.45, 7) is 8.74. The third-order valence-corrected chi connectivity index (χ3v) is 7.34. The number of hydrogen-bond acceptors (Lipinski definition) is 9. The van der Waals surface area contributed by atoms with Crippen LogP contribution in [0.4, 0.5) is 11.6 Å². The Bertz CT molecular complexity index is 1520. The fourth-order valence-corrected chi connectivity index (χ4v) is 5.03. The molecule has 1 atom stereocenters. The summed E-state index contributed by atoms with van der Waals surface area (Å²) in [7, 11) is 1.87. The number of nitrogens with one attached hydrogen (secondary N) is 2. The van der Waals surface area contributed by atoms with E-state index in [1.54, 1.807) is 17.1 Å². The number of fused-ring (bicyclic) bond motifs is 1. The van der Waals surface area contributed by atoms with E-state index in [0.717, 1.165) is 54.5 Å². The standard InChI is InChI=1S/C29H35N9O2/c1-29(2,3)27-36-35-26(40-27)25(39)33-24-10-12-38(15-18-5-6-18)16-20-13-19(7-8-22(20)24)23-9-11-30-28(34-23)32-21-14-31-37(4)17-21/h7-9,11,13-14,17-18,24H,5-6,10,12,15-16H2,1-4H3,(H,33,39)(H,30,32,34)/t24-/m1/s1. The van der Waals surface area contributed by atoms with Crippen LogP contribution in [-0.4, -0.2) is 53.8 Å². The molecule has 1 fully saturated rings. The van der Waals surface area contributed by atoms with Crippen molar-refractivity contribution in [1.29, 1.82) is 0 Å². The molecule has 1 saturated carbocycles. The number of rotatable bonds is 7. The summed E-state index contributed by atoms with van der Waals surface area (Å²) in [6, 6.07) is 8.12. The highest BCUT2D eigenvalue weighted by atomic mass is 16.4. The van der Waals surface area contributed by atoms with Crippen molar-refractivity contribution in [2.45, 2.75) is 58.0 Å². The molecule has 0 spiro atoms. The summed E-state index contributed by atoms with van der Waals surface area (Å²) in [5.74, 6) is 1.38. The molecule has 0 unspecified atom stereocenters. The second-order valence-corrected chi connectivity index (χ2v) is 11.9. The van der Waals surface area contributed by atoms with Crippen molar-refractivity contribution < 1.29 is 9.21 Å². The van der Waals surface area contributed by atoms with Crippen LogP contribution in [0, 0.1) is 5.92 Å². The van der Waals surface area contributed by atoms with E-state index in [1.165, 1.54) is 18.4 Å². The summed E-state index contributed by atoms with van der Waals surface area (Å²) >= 11 is 0. The largest absolute Gasteiger partial charge is 0.416 e. The van der Waals surface area contributed by atoms with Crippen LogP contribution >= 0.6 is 0 Å². The van der Waals surface area contributed by atoms with Gasteiger partial charge in [-0.05, 0) is 48.4 Å². The van der Waals surface area contributed by atoms with Gasteiger partial charge in [-0.2, -0.15) is 5.10 Å². The van der Waals surface area contributed by atoms with Crippen molar-refractivity contribution >= 4 is 17.5 Å². The van der Waals surface area contributed by atoms with Gasteiger partial charge in [-0.25, -0.2) is 9.97 Å². The number of anilines is 2. The average molecular weight is 542 g/mol. The minimum Gasteiger partial charge on any atom is -0.416 e. The maximum Gasteiger partial charge on any atom is 0.309 e. The second-order valence-electron chi connectivity index (χ2n) is 11.9. The Hall–Kier alpha value is -4.12. The Morgan fingerprint density at radius 2 is 2.00 bits per heavy atom. The normalized spacial score (nSPS) is 17.8. The molecule has 208 valence electrons. The lowest BCUT2D eigenvalue weighted by Gasteiger charge is -2.20. The van der Waals surface area contributed by atoms with Crippen LogP contribution in [-0.2, 0) is 19.0 Å². The Morgan fingerprint density at radius 1 is 1.15 bits per heavy atom. The van der Waals surface area contributed by atoms with Gasteiger partial charge in [-0.1, -0.05) is 32.9 Å². The molecule has 4 aromatic rings. The summed E-state index contributed by atoms with van der Waals surface area (Å²) in [5, 5.41) is 18.7. The number of aryl methyl sites for hydroxylation is 1. The number of amides is 1. The molecule has 1 aliphatic heterocycles. The van der Waals surface area contributed by atoms with E-state index in [4.69, 9.17) is 9.40 Å². The van der Waals surface area contributed by atoms with E-state index >= 15 is 0 Å². The van der Waals surface area contributed by atoms with Crippen LogP contribution in [0.5, 0.6) is 0 Å². The van der Waals surface area contributed by atoms with Gasteiger partial charge in [-0.3, -0.25) is 14.4 Å². The predicted octanol–water partition coefficient (Wildman–Crippen LogP) is 4.39. The summed E-state index contributed by atoms with van der Waals surface area (Å²) < 4.78 is 7.44. The number of aromatic nitrogens is 6. The Labute approximate surface area is 233 Å². The third kappa shape index (κ3) is 5.89. The molecular weight excluding hydrogens is 506 g/mol. The van der Waals surface area contributed by atoms with Crippen molar-refractivity contribution in [3.63, 3.8) is 0 Å². The Morgan fingerprint density at radius 3 is 2.73 bits per heavy atom. The second kappa shape index (κ2) is 10.5. The van der Waals surface area contributed by atoms with Gasteiger partial charge in [0.2, 0.25) is 11.8 Å². The van der Waals surface area contributed by atoms with Crippen LogP contribution in [0.2, 0.25) is 0 Å². The first kappa shape index (κ1) is 26.1. The number of carbonyl (C=O) groups is 1. The first-order valence-corrected chi connectivity index (χ1v) is 13.8. The molecule has 1 aromatic carbocycles. The number of nitrogens with zero attached hydrogens (tertiary/aromatic N) is 7. The highest BCUT2D eigenvalue weighted by Crippen LogP contribution is 2.35. The number of carbonyl (C=O) groups excluding carboxylic acids is 1. The van der Waals surface area contributed by atoms with E-state index in [2.05, 4.69) is 54.0 Å². The minimum atomic E-state index is -0.347. The molecule has 2 N–H and O–H groups in total. The minimum absolute atomic E-state index is 0.00295. The van der Waals surface area contributed by atoms with Gasteiger partial charge >= 0.3 is 11.8 Å². The lowest BCUT2D eigenvalue weighted by atomic mass is 9.96. The van der Waals surface area contributed by atoms with Crippen molar-refractivity contribution in [3.8, 4) is 11.3 Å². The topological polar surface area (TPSA) is 127 Å². The average Bonchev–Trinajstić information content (AvgIpc) is 3.45. The first-order valence-electron chi connectivity index (χ1n) is 13.8. The zero-order valence-electron chi connectivity index (χ0n) is 23.4. The van der Waals surface area contributed by atoms with Crippen LogP contribution in [0.3, 0.4) is 0 Å². The van der Waals surface area contributed by atoms with Crippen molar-refractivity contribution in [3.05, 3.63) is 65.8 Å². The van der Waals surface area contributed by atoms with E-state index in [9.17, 15) is 4.79 Å². The van der Waals surface area contributed by atoms with E-state index in [-0.39, 0.29) is 23.3 Å². The molecule has 0 radical (unpaired) electrons.